The van der Waals surface area contributed by atoms with Crippen molar-refractivity contribution in [2.75, 3.05) is 0 Å². The molecular formula is C24H21N5O5. The quantitative estimate of drug-likeness (QED) is 0.455. The number of carbonyl (C=O) groups is 1. The summed E-state index contributed by atoms with van der Waals surface area (Å²) in [6.07, 6.45) is 2.64. The molecule has 172 valence electrons. The number of rotatable bonds is 6. The van der Waals surface area contributed by atoms with E-state index in [1.165, 1.54) is 30.1 Å². The summed E-state index contributed by atoms with van der Waals surface area (Å²) in [5.41, 5.74) is 1.52. The van der Waals surface area contributed by atoms with E-state index in [9.17, 15) is 14.4 Å². The number of hydrogen-bond acceptors (Lipinski definition) is 6. The monoisotopic (exact) mass is 459 g/mol. The minimum Gasteiger partial charge on any atom is -0.478 e. The highest BCUT2D eigenvalue weighted by Crippen LogP contribution is 2.24. The maximum Gasteiger partial charge on any atom is 0.337 e. The van der Waals surface area contributed by atoms with Crippen LogP contribution in [0, 0.1) is 6.92 Å². The topological polar surface area (TPSA) is 132 Å². The van der Waals surface area contributed by atoms with Crippen LogP contribution in [0.1, 0.15) is 21.5 Å². The number of carboxylic acids is 1. The summed E-state index contributed by atoms with van der Waals surface area (Å²) in [4.78, 5) is 47.0. The van der Waals surface area contributed by atoms with Crippen molar-refractivity contribution in [3.8, 4) is 11.5 Å². The van der Waals surface area contributed by atoms with Gasteiger partial charge in [0.05, 0.1) is 24.0 Å². The molecule has 0 atom stereocenters. The molecule has 0 bridgehead atoms. The van der Waals surface area contributed by atoms with Crippen LogP contribution in [-0.4, -0.2) is 30.2 Å². The molecule has 2 heterocycles. The molecular weight excluding hydrogens is 438 g/mol. The van der Waals surface area contributed by atoms with Crippen molar-refractivity contribution >= 4 is 11.7 Å². The molecule has 2 N–H and O–H groups in total. The Kier molecular flexibility index (Phi) is 6.22. The van der Waals surface area contributed by atoms with Gasteiger partial charge in [-0.25, -0.2) is 23.9 Å². The second-order valence-corrected chi connectivity index (χ2v) is 7.59. The summed E-state index contributed by atoms with van der Waals surface area (Å²) < 4.78 is 8.03. The molecule has 10 nitrogen and oxygen atoms in total. The Balaban J connectivity index is 1.66. The van der Waals surface area contributed by atoms with Crippen LogP contribution in [0.3, 0.4) is 0 Å². The highest BCUT2D eigenvalue weighted by Gasteiger charge is 2.08. The standard InChI is InChI=1S/C24H21N5O5/c1-15-3-5-16(6-4-15)14-29-22(27-23(32)28(2)24(29)33)26-18-7-9-19(10-8-18)34-20-11-17(21(30)31)12-25-13-20/h3-13H,14H2,1-2H3,(H,30,31)(H,26,27,32). The summed E-state index contributed by atoms with van der Waals surface area (Å²) in [6, 6.07) is 15.7. The molecule has 0 saturated carbocycles. The number of H-pyrrole nitrogens is 1. The van der Waals surface area contributed by atoms with Crippen LogP contribution in [0.5, 0.6) is 11.5 Å². The summed E-state index contributed by atoms with van der Waals surface area (Å²) in [7, 11) is 1.40. The first-order valence-corrected chi connectivity index (χ1v) is 10.3. The van der Waals surface area contributed by atoms with Crippen LogP contribution < -0.4 is 21.7 Å². The van der Waals surface area contributed by atoms with E-state index in [1.54, 1.807) is 24.3 Å². The van der Waals surface area contributed by atoms with Gasteiger partial charge in [0.15, 0.2) is 0 Å². The van der Waals surface area contributed by atoms with E-state index in [2.05, 4.69) is 15.0 Å². The van der Waals surface area contributed by atoms with E-state index in [-0.39, 0.29) is 23.5 Å². The van der Waals surface area contributed by atoms with Crippen LogP contribution >= 0.6 is 0 Å². The molecule has 0 unspecified atom stereocenters. The molecule has 0 aliphatic rings. The normalized spacial score (nSPS) is 11.4. The van der Waals surface area contributed by atoms with Crippen molar-refractivity contribution in [1.82, 2.24) is 19.1 Å². The number of pyridine rings is 1. The number of aromatic amines is 1. The number of benzene rings is 2. The molecule has 0 aliphatic carbocycles. The SMILES string of the molecule is Cc1ccc(Cn2c(=O)n(C)c(=O)[nH]/c2=N\c2ccc(Oc3cncc(C(=O)O)c3)cc2)cc1. The van der Waals surface area contributed by atoms with Crippen LogP contribution in [0.15, 0.2) is 81.6 Å². The number of nitrogens with zero attached hydrogens (tertiary/aromatic N) is 4. The van der Waals surface area contributed by atoms with E-state index in [0.717, 1.165) is 15.7 Å². The zero-order valence-electron chi connectivity index (χ0n) is 18.4. The smallest absolute Gasteiger partial charge is 0.337 e. The number of aromatic carboxylic acids is 1. The Morgan fingerprint density at radius 1 is 1.06 bits per heavy atom. The first kappa shape index (κ1) is 22.5. The highest BCUT2D eigenvalue weighted by atomic mass is 16.5. The van der Waals surface area contributed by atoms with Gasteiger partial charge in [-0.15, -0.1) is 0 Å². The predicted octanol–water partition coefficient (Wildman–Crippen LogP) is 2.35. The van der Waals surface area contributed by atoms with Gasteiger partial charge >= 0.3 is 17.3 Å². The second kappa shape index (κ2) is 9.41. The Morgan fingerprint density at radius 3 is 2.44 bits per heavy atom. The van der Waals surface area contributed by atoms with Gasteiger partial charge in [0, 0.05) is 13.2 Å². The summed E-state index contributed by atoms with van der Waals surface area (Å²) >= 11 is 0. The maximum absolute atomic E-state index is 12.8. The van der Waals surface area contributed by atoms with Gasteiger partial charge in [0.2, 0.25) is 5.62 Å². The van der Waals surface area contributed by atoms with Gasteiger partial charge in [-0.05, 0) is 42.8 Å². The minimum absolute atomic E-state index is 0.0110. The molecule has 0 saturated heterocycles. The van der Waals surface area contributed by atoms with Crippen LogP contribution in [-0.2, 0) is 13.6 Å². The average Bonchev–Trinajstić information content (AvgIpc) is 2.83. The van der Waals surface area contributed by atoms with Gasteiger partial charge in [0.25, 0.3) is 0 Å². The Hall–Kier alpha value is -4.73. The minimum atomic E-state index is -1.10. The van der Waals surface area contributed by atoms with Crippen molar-refractivity contribution in [3.63, 3.8) is 0 Å². The molecule has 4 aromatic rings. The fourth-order valence-corrected chi connectivity index (χ4v) is 3.15. The third-order valence-corrected chi connectivity index (χ3v) is 5.03. The summed E-state index contributed by atoms with van der Waals surface area (Å²) in [5.74, 6) is -0.390. The number of hydrogen-bond donors (Lipinski definition) is 2. The lowest BCUT2D eigenvalue weighted by Gasteiger charge is -2.09. The Bertz CT molecular complexity index is 1530. The third kappa shape index (κ3) is 5.01. The Morgan fingerprint density at radius 2 is 1.76 bits per heavy atom. The van der Waals surface area contributed by atoms with Gasteiger partial charge in [-0.1, -0.05) is 29.8 Å². The second-order valence-electron chi connectivity index (χ2n) is 7.59. The number of nitrogens with one attached hydrogen (secondary N) is 1. The molecule has 10 heteroatoms. The molecule has 0 amide bonds. The lowest BCUT2D eigenvalue weighted by molar-refractivity contribution is 0.0696. The number of aromatic nitrogens is 4. The van der Waals surface area contributed by atoms with Gasteiger partial charge in [-0.2, -0.15) is 0 Å². The largest absolute Gasteiger partial charge is 0.478 e. The fourth-order valence-electron chi connectivity index (χ4n) is 3.15. The van der Waals surface area contributed by atoms with E-state index in [1.807, 2.05) is 31.2 Å². The predicted molar refractivity (Wildman–Crippen MR) is 124 cm³/mol. The zero-order chi connectivity index (χ0) is 24.2. The molecule has 0 radical (unpaired) electrons. The molecule has 0 fully saturated rings. The maximum atomic E-state index is 12.8. The van der Waals surface area contributed by atoms with E-state index in [0.29, 0.717) is 11.4 Å². The molecule has 0 spiro atoms. The van der Waals surface area contributed by atoms with E-state index in [4.69, 9.17) is 9.84 Å². The third-order valence-electron chi connectivity index (χ3n) is 5.03. The van der Waals surface area contributed by atoms with Crippen LogP contribution in [0.2, 0.25) is 0 Å². The van der Waals surface area contributed by atoms with Crippen molar-refractivity contribution in [2.24, 2.45) is 12.0 Å². The van der Waals surface area contributed by atoms with Crippen molar-refractivity contribution < 1.29 is 14.6 Å². The van der Waals surface area contributed by atoms with Crippen molar-refractivity contribution in [2.45, 2.75) is 13.5 Å². The first-order chi connectivity index (χ1) is 16.3. The molecule has 34 heavy (non-hydrogen) atoms. The zero-order valence-corrected chi connectivity index (χ0v) is 18.4. The number of carboxylic acid groups (broad SMARTS) is 1. The molecule has 0 aliphatic heterocycles. The molecule has 2 aromatic heterocycles. The van der Waals surface area contributed by atoms with Gasteiger partial charge < -0.3 is 9.84 Å². The lowest BCUT2D eigenvalue weighted by Crippen LogP contribution is -2.48. The molecule has 4 rings (SSSR count). The van der Waals surface area contributed by atoms with Crippen LogP contribution in [0.25, 0.3) is 0 Å². The average molecular weight is 459 g/mol. The lowest BCUT2D eigenvalue weighted by atomic mass is 10.1. The highest BCUT2D eigenvalue weighted by molar-refractivity contribution is 5.87. The first-order valence-electron chi connectivity index (χ1n) is 10.3. The van der Waals surface area contributed by atoms with Crippen molar-refractivity contribution in [1.29, 1.82) is 0 Å². The van der Waals surface area contributed by atoms with Gasteiger partial charge in [0.1, 0.15) is 11.5 Å². The number of aryl methyl sites for hydroxylation is 1. The number of ether oxygens (including phenoxy) is 1. The summed E-state index contributed by atoms with van der Waals surface area (Å²) in [5, 5.41) is 9.08. The Labute approximate surface area is 193 Å². The van der Waals surface area contributed by atoms with Crippen molar-refractivity contribution in [3.05, 3.63) is 110 Å². The van der Waals surface area contributed by atoms with Gasteiger partial charge in [-0.3, -0.25) is 14.5 Å². The van der Waals surface area contributed by atoms with E-state index >= 15 is 0 Å². The summed E-state index contributed by atoms with van der Waals surface area (Å²) in [6.45, 7) is 2.21. The molecule has 2 aromatic carbocycles. The fraction of sp³-hybridized carbons (Fsp3) is 0.125. The van der Waals surface area contributed by atoms with Crippen LogP contribution in [0.4, 0.5) is 5.69 Å². The van der Waals surface area contributed by atoms with E-state index < -0.39 is 17.3 Å².